The normalized spacial score (nSPS) is 21.6. The van der Waals surface area contributed by atoms with Gasteiger partial charge in [0, 0.05) is 26.2 Å². The van der Waals surface area contributed by atoms with Gasteiger partial charge in [-0.3, -0.25) is 9.47 Å². The lowest BCUT2D eigenvalue weighted by Gasteiger charge is -2.46. The number of nitrogens with one attached hydrogen (secondary N) is 1. The molecule has 0 aliphatic carbocycles. The van der Waals surface area contributed by atoms with Crippen LogP contribution in [0.25, 0.3) is 11.0 Å². The van der Waals surface area contributed by atoms with E-state index in [9.17, 15) is 0 Å². The Hall–Kier alpha value is -3.34. The Morgan fingerprint density at radius 2 is 1.74 bits per heavy atom. The molecule has 4 heterocycles. The molecule has 3 aliphatic rings. The summed E-state index contributed by atoms with van der Waals surface area (Å²) in [5, 5.41) is 8.40. The number of fused-ring (bicyclic) bond motifs is 5. The van der Waals surface area contributed by atoms with E-state index in [0.29, 0.717) is 24.8 Å². The second-order valence-corrected chi connectivity index (χ2v) is 8.89. The summed E-state index contributed by atoms with van der Waals surface area (Å²) in [7, 11) is 5.49. The van der Waals surface area contributed by atoms with Crippen molar-refractivity contribution in [2.45, 2.75) is 6.17 Å². The van der Waals surface area contributed by atoms with Crippen molar-refractivity contribution in [3.63, 3.8) is 0 Å². The van der Waals surface area contributed by atoms with Crippen LogP contribution >= 0.6 is 0 Å². The maximum absolute atomic E-state index is 5.59. The highest BCUT2D eigenvalue weighted by Crippen LogP contribution is 2.37. The Balaban J connectivity index is 1.41. The minimum atomic E-state index is -0.174. The molecule has 6 rings (SSSR count). The molecule has 1 saturated heterocycles. The Labute approximate surface area is 198 Å². The summed E-state index contributed by atoms with van der Waals surface area (Å²) < 4.78 is 13.3. The zero-order valence-corrected chi connectivity index (χ0v) is 19.8. The van der Waals surface area contributed by atoms with Crippen LogP contribution in [0.15, 0.2) is 47.5 Å². The molecule has 1 aromatic heterocycles. The molecule has 3 aromatic rings. The predicted molar refractivity (Wildman–Crippen MR) is 131 cm³/mol. The average molecular weight is 463 g/mol. The summed E-state index contributed by atoms with van der Waals surface area (Å²) in [6, 6.07) is 14.3. The Morgan fingerprint density at radius 1 is 0.941 bits per heavy atom. The lowest BCUT2D eigenvalue weighted by Crippen LogP contribution is -2.62. The lowest BCUT2D eigenvalue weighted by molar-refractivity contribution is -0.0528. The average Bonchev–Trinajstić information content (AvgIpc) is 3.28. The molecular formula is C24H30N8O2. The van der Waals surface area contributed by atoms with Crippen LogP contribution < -0.4 is 19.7 Å². The predicted octanol–water partition coefficient (Wildman–Crippen LogP) is 1.76. The number of piperazine rings is 1. The molecule has 0 bridgehead atoms. The lowest BCUT2D eigenvalue weighted by atomic mass is 10.1. The quantitative estimate of drug-likeness (QED) is 0.629. The van der Waals surface area contributed by atoms with Crippen LogP contribution in [-0.4, -0.2) is 91.2 Å². The molecule has 10 heteroatoms. The first kappa shape index (κ1) is 21.2. The number of hydrazine groups is 1. The number of ether oxygens (including phenoxy) is 2. The number of nitrogens with zero attached hydrogens (tertiary/aromatic N) is 7. The first-order valence-electron chi connectivity index (χ1n) is 11.6. The number of methoxy groups -OCH3 is 2. The number of aromatic nitrogens is 2. The minimum absolute atomic E-state index is 0.174. The van der Waals surface area contributed by atoms with Gasteiger partial charge in [0.2, 0.25) is 11.9 Å². The van der Waals surface area contributed by atoms with Crippen LogP contribution in [0, 0.1) is 0 Å². The van der Waals surface area contributed by atoms with Gasteiger partial charge in [-0.1, -0.05) is 18.2 Å². The van der Waals surface area contributed by atoms with Gasteiger partial charge in [-0.15, -0.1) is 0 Å². The molecule has 3 aliphatic heterocycles. The second kappa shape index (κ2) is 8.46. The van der Waals surface area contributed by atoms with Crippen molar-refractivity contribution in [3.05, 3.63) is 48.0 Å². The van der Waals surface area contributed by atoms with Crippen molar-refractivity contribution in [2.75, 3.05) is 65.7 Å². The fourth-order valence-corrected chi connectivity index (χ4v) is 4.97. The van der Waals surface area contributed by atoms with Gasteiger partial charge in [-0.05, 0) is 36.9 Å². The number of para-hydroxylation sites is 2. The SMILES string of the molecule is COc1ccc([C@H]2NC3=NCN(N4CCN(C)CC4)CN3c3nc4ccccc4n32)cc1OC. The van der Waals surface area contributed by atoms with E-state index in [1.165, 1.54) is 0 Å². The standard InChI is InChI=1S/C24H30N8O2/c1-28-10-12-29(13-11-28)30-15-25-23-27-22(17-8-9-20(33-2)21(14-17)34-3)32-19-7-5-4-6-18(19)26-24(32)31(23)16-30/h4-9,14,22H,10-13,15-16H2,1-3H3,(H,25,27)/t22-/m0/s1. The third-order valence-corrected chi connectivity index (χ3v) is 6.89. The molecule has 34 heavy (non-hydrogen) atoms. The molecule has 10 nitrogen and oxygen atoms in total. The Kier molecular flexibility index (Phi) is 5.28. The van der Waals surface area contributed by atoms with Gasteiger partial charge in [0.05, 0.1) is 31.9 Å². The van der Waals surface area contributed by atoms with E-state index in [4.69, 9.17) is 19.5 Å². The summed E-state index contributed by atoms with van der Waals surface area (Å²) in [5.41, 5.74) is 3.08. The Morgan fingerprint density at radius 3 is 2.53 bits per heavy atom. The van der Waals surface area contributed by atoms with Gasteiger partial charge < -0.3 is 19.7 Å². The maximum atomic E-state index is 5.59. The van der Waals surface area contributed by atoms with Crippen molar-refractivity contribution < 1.29 is 9.47 Å². The third kappa shape index (κ3) is 3.46. The van der Waals surface area contributed by atoms with Crippen LogP contribution in [0.4, 0.5) is 5.95 Å². The molecule has 0 saturated carbocycles. The maximum Gasteiger partial charge on any atom is 0.216 e. The first-order chi connectivity index (χ1) is 16.7. The van der Waals surface area contributed by atoms with Crippen molar-refractivity contribution in [1.29, 1.82) is 0 Å². The van der Waals surface area contributed by atoms with Crippen molar-refractivity contribution in [3.8, 4) is 11.5 Å². The van der Waals surface area contributed by atoms with Gasteiger partial charge in [-0.25, -0.2) is 20.0 Å². The molecule has 0 radical (unpaired) electrons. The topological polar surface area (TPSA) is 73.6 Å². The number of benzene rings is 2. The zero-order chi connectivity index (χ0) is 23.2. The van der Waals surface area contributed by atoms with Crippen molar-refractivity contribution >= 4 is 22.9 Å². The molecular weight excluding hydrogens is 432 g/mol. The van der Waals surface area contributed by atoms with E-state index >= 15 is 0 Å². The first-order valence-corrected chi connectivity index (χ1v) is 11.6. The summed E-state index contributed by atoms with van der Waals surface area (Å²) in [6.45, 7) is 5.47. The number of hydrogen-bond acceptors (Lipinski definition) is 9. The highest BCUT2D eigenvalue weighted by Gasteiger charge is 2.37. The summed E-state index contributed by atoms with van der Waals surface area (Å²) in [6.07, 6.45) is -0.174. The summed E-state index contributed by atoms with van der Waals surface area (Å²) >= 11 is 0. The van der Waals surface area contributed by atoms with Gasteiger partial charge in [0.15, 0.2) is 11.5 Å². The van der Waals surface area contributed by atoms with Crippen LogP contribution in [0.5, 0.6) is 11.5 Å². The number of hydrogen-bond donors (Lipinski definition) is 1. The summed E-state index contributed by atoms with van der Waals surface area (Å²) in [4.78, 5) is 14.5. The van der Waals surface area contributed by atoms with Gasteiger partial charge in [0.25, 0.3) is 0 Å². The summed E-state index contributed by atoms with van der Waals surface area (Å²) in [5.74, 6) is 3.13. The van der Waals surface area contributed by atoms with E-state index in [1.54, 1.807) is 14.2 Å². The highest BCUT2D eigenvalue weighted by atomic mass is 16.5. The Bertz CT molecular complexity index is 1230. The van der Waals surface area contributed by atoms with Crippen LogP contribution in [0.1, 0.15) is 11.7 Å². The van der Waals surface area contributed by atoms with Gasteiger partial charge in [-0.2, -0.15) is 0 Å². The molecule has 0 spiro atoms. The van der Waals surface area contributed by atoms with Crippen molar-refractivity contribution in [2.24, 2.45) is 4.99 Å². The van der Waals surface area contributed by atoms with Crippen LogP contribution in [0.3, 0.4) is 0 Å². The second-order valence-electron chi connectivity index (χ2n) is 8.89. The molecule has 2 aromatic carbocycles. The van der Waals surface area contributed by atoms with E-state index in [0.717, 1.165) is 54.7 Å². The highest BCUT2D eigenvalue weighted by molar-refractivity contribution is 5.98. The van der Waals surface area contributed by atoms with E-state index < -0.39 is 0 Å². The van der Waals surface area contributed by atoms with E-state index in [2.05, 4.69) is 61.0 Å². The zero-order valence-electron chi connectivity index (χ0n) is 19.8. The van der Waals surface area contributed by atoms with Crippen molar-refractivity contribution in [1.82, 2.24) is 29.8 Å². The number of likely N-dealkylation sites (N-methyl/N-ethyl adjacent to an activating group) is 1. The fraction of sp³-hybridized carbons (Fsp3) is 0.417. The molecule has 0 unspecified atom stereocenters. The largest absolute Gasteiger partial charge is 0.493 e. The van der Waals surface area contributed by atoms with E-state index in [1.807, 2.05) is 18.2 Å². The number of guanidine groups is 1. The number of aliphatic imine (C=N–C) groups is 1. The molecule has 178 valence electrons. The van der Waals surface area contributed by atoms with E-state index in [-0.39, 0.29) is 6.17 Å². The monoisotopic (exact) mass is 462 g/mol. The fourth-order valence-electron chi connectivity index (χ4n) is 4.97. The molecule has 0 amide bonds. The minimum Gasteiger partial charge on any atom is -0.493 e. The smallest absolute Gasteiger partial charge is 0.216 e. The van der Waals surface area contributed by atoms with Crippen LogP contribution in [-0.2, 0) is 0 Å². The number of rotatable bonds is 4. The third-order valence-electron chi connectivity index (χ3n) is 6.89. The number of imidazole rings is 1. The van der Waals surface area contributed by atoms with Gasteiger partial charge >= 0.3 is 0 Å². The molecule has 1 fully saturated rings. The van der Waals surface area contributed by atoms with Gasteiger partial charge in [0.1, 0.15) is 12.8 Å². The number of anilines is 1. The molecule has 1 N–H and O–H groups in total. The van der Waals surface area contributed by atoms with Crippen LogP contribution in [0.2, 0.25) is 0 Å². The molecule has 1 atom stereocenters.